The maximum Gasteiger partial charge on any atom is 0.306 e. The van der Waals surface area contributed by atoms with Crippen molar-refractivity contribution >= 4 is 23.4 Å². The lowest BCUT2D eigenvalue weighted by atomic mass is 9.46. The number of esters is 1. The lowest BCUT2D eigenvalue weighted by Gasteiger charge is -2.59. The van der Waals surface area contributed by atoms with E-state index in [4.69, 9.17) is 4.74 Å². The molecule has 1 amide bonds. The molecule has 7 atom stereocenters. The van der Waals surface area contributed by atoms with Crippen LogP contribution in [0.5, 0.6) is 0 Å². The fraction of sp³-hybridized carbons (Fsp3) is 0.750. The molecule has 8 heteroatoms. The van der Waals surface area contributed by atoms with Gasteiger partial charge in [-0.2, -0.15) is 0 Å². The fourth-order valence-corrected chi connectivity index (χ4v) is 9.08. The number of amides is 1. The maximum atomic E-state index is 13.4. The van der Waals surface area contributed by atoms with Crippen molar-refractivity contribution in [1.29, 1.82) is 0 Å². The van der Waals surface area contributed by atoms with E-state index < -0.39 is 40.9 Å². The topological polar surface area (TPSA) is 130 Å². The smallest absolute Gasteiger partial charge is 0.306 e. The monoisotopic (exact) mass is 555 g/mol. The molecule has 220 valence electrons. The molecule has 0 heterocycles. The Hall–Kier alpha value is -2.32. The molecule has 8 nitrogen and oxygen atoms in total. The highest BCUT2D eigenvalue weighted by atomic mass is 16.5. The van der Waals surface area contributed by atoms with E-state index in [0.717, 1.165) is 31.3 Å². The van der Waals surface area contributed by atoms with E-state index in [1.54, 1.807) is 12.2 Å². The number of rotatable bonds is 8. The molecule has 0 radical (unpaired) electrons. The van der Waals surface area contributed by atoms with Crippen LogP contribution in [0.4, 0.5) is 0 Å². The number of aliphatic hydroxyl groups is 2. The largest absolute Gasteiger partial charge is 0.458 e. The number of ketones is 2. The molecule has 40 heavy (non-hydrogen) atoms. The molecule has 0 saturated heterocycles. The second kappa shape index (κ2) is 11.2. The number of fused-ring (bicyclic) bond motifs is 5. The predicted octanol–water partition coefficient (Wildman–Crippen LogP) is 3.59. The Morgan fingerprint density at radius 2 is 1.82 bits per heavy atom. The number of carbonyl (C=O) groups excluding carboxylic acids is 4. The SMILES string of the molecule is C[C@]12C=CC(=O)C=C1CC[C@H]1[C@@H]2[C@@H](O)C[C@@]2(C)[C@H]1CC[C@]2(O)C(=O)COC(=O)CCC(=O)NCC1CCCCC1. The number of aliphatic hydroxyl groups excluding tert-OH is 1. The summed E-state index contributed by atoms with van der Waals surface area (Å²) in [5, 5.41) is 26.2. The van der Waals surface area contributed by atoms with Gasteiger partial charge in [-0.3, -0.25) is 19.2 Å². The molecule has 0 spiro atoms. The first kappa shape index (κ1) is 29.2. The molecule has 4 fully saturated rings. The predicted molar refractivity (Wildman–Crippen MR) is 148 cm³/mol. The molecule has 0 aliphatic heterocycles. The van der Waals surface area contributed by atoms with Gasteiger partial charge in [-0.15, -0.1) is 0 Å². The third kappa shape index (κ3) is 5.11. The van der Waals surface area contributed by atoms with Gasteiger partial charge in [-0.1, -0.05) is 44.8 Å². The minimum Gasteiger partial charge on any atom is -0.458 e. The summed E-state index contributed by atoms with van der Waals surface area (Å²) < 4.78 is 5.24. The van der Waals surface area contributed by atoms with E-state index >= 15 is 0 Å². The summed E-state index contributed by atoms with van der Waals surface area (Å²) in [6, 6.07) is 0. The van der Waals surface area contributed by atoms with Crippen molar-refractivity contribution in [2.24, 2.45) is 34.5 Å². The highest BCUT2D eigenvalue weighted by Gasteiger charge is 2.68. The molecule has 3 N–H and O–H groups in total. The highest BCUT2D eigenvalue weighted by Crippen LogP contribution is 2.67. The van der Waals surface area contributed by atoms with Crippen molar-refractivity contribution in [2.45, 2.75) is 103 Å². The van der Waals surface area contributed by atoms with Crippen LogP contribution in [0.15, 0.2) is 23.8 Å². The van der Waals surface area contributed by atoms with Crippen LogP contribution in [0.3, 0.4) is 0 Å². The van der Waals surface area contributed by atoms with Gasteiger partial charge >= 0.3 is 5.97 Å². The second-order valence-electron chi connectivity index (χ2n) is 13.5. The minimum atomic E-state index is -1.70. The van der Waals surface area contributed by atoms with Crippen LogP contribution in [-0.2, 0) is 23.9 Å². The summed E-state index contributed by atoms with van der Waals surface area (Å²) >= 11 is 0. The summed E-state index contributed by atoms with van der Waals surface area (Å²) in [5.41, 5.74) is -1.90. The third-order valence-corrected chi connectivity index (χ3v) is 11.3. The van der Waals surface area contributed by atoms with Gasteiger partial charge in [0.1, 0.15) is 5.60 Å². The Bertz CT molecular complexity index is 1110. The number of ether oxygens (including phenoxy) is 1. The zero-order valence-corrected chi connectivity index (χ0v) is 24.0. The average molecular weight is 556 g/mol. The molecule has 5 rings (SSSR count). The standard InChI is InChI=1S/C32H45NO7/c1-30-14-12-22(34)16-21(30)8-9-23-24-13-15-32(39,31(24,2)17-25(35)29(23)30)26(36)19-40-28(38)11-10-27(37)33-18-20-6-4-3-5-7-20/h12,14,16,20,23-25,29,35,39H,3-11,13,15,17-19H2,1-2H3,(H,33,37)/t23-,24+,25+,29-,30+,31+,32+/m1/s1. The number of nitrogens with one attached hydrogen (secondary N) is 1. The number of allylic oxidation sites excluding steroid dienone is 4. The maximum absolute atomic E-state index is 13.4. The molecule has 0 aromatic rings. The van der Waals surface area contributed by atoms with Crippen LogP contribution in [-0.4, -0.2) is 58.5 Å². The number of Topliss-reactive ketones (excluding diaryl/α,β-unsaturated/α-hetero) is 1. The molecule has 0 unspecified atom stereocenters. The van der Waals surface area contributed by atoms with Gasteiger partial charge in [0.25, 0.3) is 0 Å². The van der Waals surface area contributed by atoms with E-state index in [1.165, 1.54) is 19.3 Å². The summed E-state index contributed by atoms with van der Waals surface area (Å²) in [4.78, 5) is 50.0. The Balaban J connectivity index is 1.16. The van der Waals surface area contributed by atoms with Crippen molar-refractivity contribution in [3.05, 3.63) is 23.8 Å². The van der Waals surface area contributed by atoms with Crippen LogP contribution < -0.4 is 5.32 Å². The molecule has 5 aliphatic rings. The van der Waals surface area contributed by atoms with E-state index in [-0.39, 0.29) is 55.1 Å². The van der Waals surface area contributed by atoms with Gasteiger partial charge < -0.3 is 20.3 Å². The van der Waals surface area contributed by atoms with Crippen molar-refractivity contribution in [2.75, 3.05) is 13.2 Å². The summed E-state index contributed by atoms with van der Waals surface area (Å²) in [6.07, 6.45) is 13.0. The number of carbonyl (C=O) groups is 4. The van der Waals surface area contributed by atoms with Gasteiger partial charge in [0.2, 0.25) is 11.7 Å². The summed E-state index contributed by atoms with van der Waals surface area (Å²) in [6.45, 7) is 4.08. The van der Waals surface area contributed by atoms with E-state index in [1.807, 2.05) is 13.0 Å². The molecule has 0 bridgehead atoms. The first-order valence-corrected chi connectivity index (χ1v) is 15.3. The number of hydrogen-bond donors (Lipinski definition) is 3. The van der Waals surface area contributed by atoms with Crippen LogP contribution in [0.25, 0.3) is 0 Å². The highest BCUT2D eigenvalue weighted by molar-refractivity contribution is 6.01. The van der Waals surface area contributed by atoms with Gasteiger partial charge in [-0.05, 0) is 74.9 Å². The first-order chi connectivity index (χ1) is 19.0. The quantitative estimate of drug-likeness (QED) is 0.390. The molecule has 0 aromatic heterocycles. The van der Waals surface area contributed by atoms with Crippen molar-refractivity contribution in [1.82, 2.24) is 5.32 Å². The van der Waals surface area contributed by atoms with Crippen LogP contribution in [0.2, 0.25) is 0 Å². The average Bonchev–Trinajstić information content (AvgIpc) is 3.20. The summed E-state index contributed by atoms with van der Waals surface area (Å²) in [5.74, 6) is -0.832. The lowest BCUT2D eigenvalue weighted by molar-refractivity contribution is -0.181. The van der Waals surface area contributed by atoms with Gasteiger partial charge in [0.05, 0.1) is 12.5 Å². The third-order valence-electron chi connectivity index (χ3n) is 11.3. The van der Waals surface area contributed by atoms with Crippen molar-refractivity contribution in [3.63, 3.8) is 0 Å². The number of hydrogen-bond acceptors (Lipinski definition) is 7. The van der Waals surface area contributed by atoms with Crippen LogP contribution in [0, 0.1) is 34.5 Å². The lowest BCUT2D eigenvalue weighted by Crippen LogP contribution is -2.61. The Labute approximate surface area is 237 Å². The van der Waals surface area contributed by atoms with E-state index in [2.05, 4.69) is 12.2 Å². The minimum absolute atomic E-state index is 0.00824. The van der Waals surface area contributed by atoms with Crippen molar-refractivity contribution < 1.29 is 34.1 Å². The van der Waals surface area contributed by atoms with Gasteiger partial charge in [0.15, 0.2) is 12.4 Å². The molecule has 0 aromatic carbocycles. The molecule has 4 saturated carbocycles. The van der Waals surface area contributed by atoms with Gasteiger partial charge in [-0.25, -0.2) is 0 Å². The van der Waals surface area contributed by atoms with Crippen LogP contribution >= 0.6 is 0 Å². The van der Waals surface area contributed by atoms with Gasteiger partial charge in [0, 0.05) is 29.7 Å². The Kier molecular flexibility index (Phi) is 8.14. The Morgan fingerprint density at radius 1 is 1.07 bits per heavy atom. The van der Waals surface area contributed by atoms with E-state index in [9.17, 15) is 29.4 Å². The zero-order chi connectivity index (χ0) is 28.7. The summed E-state index contributed by atoms with van der Waals surface area (Å²) in [7, 11) is 0. The molecular weight excluding hydrogens is 510 g/mol. The molecule has 5 aliphatic carbocycles. The normalized spacial score (nSPS) is 39.0. The molecular formula is C32H45NO7. The second-order valence-corrected chi connectivity index (χ2v) is 13.5. The first-order valence-electron chi connectivity index (χ1n) is 15.3. The van der Waals surface area contributed by atoms with Crippen molar-refractivity contribution in [3.8, 4) is 0 Å². The Morgan fingerprint density at radius 3 is 2.58 bits per heavy atom. The fourth-order valence-electron chi connectivity index (χ4n) is 9.08. The van der Waals surface area contributed by atoms with E-state index in [0.29, 0.717) is 18.9 Å². The van der Waals surface area contributed by atoms with Crippen LogP contribution in [0.1, 0.15) is 90.9 Å². The zero-order valence-electron chi connectivity index (χ0n) is 24.0.